The average Bonchev–Trinajstić information content (AvgIpc) is 2.83. The fourth-order valence-electron chi connectivity index (χ4n) is 3.90. The number of sulfonamides is 1. The van der Waals surface area contributed by atoms with Crippen LogP contribution in [0.4, 0.5) is 5.69 Å². The Morgan fingerprint density at radius 1 is 1.06 bits per heavy atom. The van der Waals surface area contributed by atoms with Gasteiger partial charge in [0.25, 0.3) is 0 Å². The number of hydrogen-bond donors (Lipinski definition) is 1. The number of likely N-dealkylation sites (N-methyl/N-ethyl adjacent to an activating group) is 1. The van der Waals surface area contributed by atoms with Gasteiger partial charge in [-0.25, -0.2) is 8.42 Å². The number of rotatable bonds is 14. The van der Waals surface area contributed by atoms with Crippen LogP contribution in [0.1, 0.15) is 45.6 Å². The lowest BCUT2D eigenvalue weighted by molar-refractivity contribution is -0.141. The zero-order valence-corrected chi connectivity index (χ0v) is 22.9. The van der Waals surface area contributed by atoms with Crippen LogP contribution >= 0.6 is 11.6 Å². The molecular weight excluding hydrogens is 502 g/mol. The van der Waals surface area contributed by atoms with Crippen molar-refractivity contribution in [3.8, 4) is 5.75 Å². The number of halogens is 1. The third kappa shape index (κ3) is 8.41. The van der Waals surface area contributed by atoms with Gasteiger partial charge in [0.05, 0.1) is 18.6 Å². The summed E-state index contributed by atoms with van der Waals surface area (Å²) in [5.41, 5.74) is 1.23. The topological polar surface area (TPSA) is 96.0 Å². The summed E-state index contributed by atoms with van der Waals surface area (Å²) in [5.74, 6) is 0.178. The fourth-order valence-corrected chi connectivity index (χ4v) is 5.06. The molecule has 36 heavy (non-hydrogen) atoms. The standard InChI is InChI=1S/C26H36ClN3O5S/c1-5-24(26(32)28-6-2)29(19-20-11-8-9-12-23(20)27)25(31)13-10-18-30(36(4,33)34)21-14-16-22(17-15-21)35-7-3/h8-9,11-12,14-17,24H,5-7,10,13,18-19H2,1-4H3,(H,28,32). The highest BCUT2D eigenvalue weighted by atomic mass is 35.5. The van der Waals surface area contributed by atoms with Crippen molar-refractivity contribution in [2.24, 2.45) is 0 Å². The number of ether oxygens (including phenoxy) is 1. The minimum atomic E-state index is -3.57. The van der Waals surface area contributed by atoms with Crippen LogP contribution in [0.3, 0.4) is 0 Å². The fraction of sp³-hybridized carbons (Fsp3) is 0.462. The van der Waals surface area contributed by atoms with E-state index in [1.54, 1.807) is 36.4 Å². The molecule has 0 saturated heterocycles. The van der Waals surface area contributed by atoms with Gasteiger partial charge in [0, 0.05) is 31.1 Å². The van der Waals surface area contributed by atoms with Crippen molar-refractivity contribution in [1.82, 2.24) is 10.2 Å². The first-order valence-corrected chi connectivity index (χ1v) is 14.4. The summed E-state index contributed by atoms with van der Waals surface area (Å²) in [5, 5.41) is 3.31. The molecule has 0 bridgehead atoms. The summed E-state index contributed by atoms with van der Waals surface area (Å²) in [6, 6.07) is 13.3. The SMILES string of the molecule is CCNC(=O)C(CC)N(Cc1ccccc1Cl)C(=O)CCCN(c1ccc(OCC)cc1)S(C)(=O)=O. The van der Waals surface area contributed by atoms with E-state index >= 15 is 0 Å². The number of carbonyl (C=O) groups excluding carboxylic acids is 2. The number of amides is 2. The van der Waals surface area contributed by atoms with E-state index in [-0.39, 0.29) is 37.7 Å². The van der Waals surface area contributed by atoms with Crippen molar-refractivity contribution in [3.63, 3.8) is 0 Å². The summed E-state index contributed by atoms with van der Waals surface area (Å²) in [7, 11) is -3.57. The monoisotopic (exact) mass is 537 g/mol. The lowest BCUT2D eigenvalue weighted by Crippen LogP contribution is -2.49. The molecule has 0 spiro atoms. The Balaban J connectivity index is 2.19. The predicted molar refractivity (Wildman–Crippen MR) is 144 cm³/mol. The molecule has 2 rings (SSSR count). The van der Waals surface area contributed by atoms with Gasteiger partial charge in [-0.05, 0) is 62.6 Å². The number of anilines is 1. The van der Waals surface area contributed by atoms with Crippen molar-refractivity contribution < 1.29 is 22.7 Å². The van der Waals surface area contributed by atoms with Crippen LogP contribution in [-0.4, -0.2) is 57.1 Å². The van der Waals surface area contributed by atoms with Crippen LogP contribution in [0.2, 0.25) is 5.02 Å². The largest absolute Gasteiger partial charge is 0.494 e. The molecule has 2 aromatic carbocycles. The highest BCUT2D eigenvalue weighted by Gasteiger charge is 2.29. The molecule has 198 valence electrons. The summed E-state index contributed by atoms with van der Waals surface area (Å²) < 4.78 is 31.7. The van der Waals surface area contributed by atoms with Gasteiger partial charge in [-0.3, -0.25) is 13.9 Å². The summed E-state index contributed by atoms with van der Waals surface area (Å²) in [6.45, 7) is 6.82. The zero-order valence-electron chi connectivity index (χ0n) is 21.4. The second-order valence-corrected chi connectivity index (χ2v) is 10.6. The molecule has 1 N–H and O–H groups in total. The molecule has 2 aromatic rings. The second kappa shape index (κ2) is 14.1. The first-order chi connectivity index (χ1) is 17.1. The van der Waals surface area contributed by atoms with E-state index in [1.807, 2.05) is 32.9 Å². The van der Waals surface area contributed by atoms with E-state index in [1.165, 1.54) is 9.21 Å². The third-order valence-corrected chi connectivity index (χ3v) is 7.19. The number of carbonyl (C=O) groups is 2. The molecule has 0 aromatic heterocycles. The minimum absolute atomic E-state index is 0.0728. The van der Waals surface area contributed by atoms with Crippen LogP contribution < -0.4 is 14.4 Å². The first kappa shape index (κ1) is 29.5. The highest BCUT2D eigenvalue weighted by Crippen LogP contribution is 2.23. The lowest BCUT2D eigenvalue weighted by atomic mass is 10.1. The molecule has 0 aliphatic rings. The van der Waals surface area contributed by atoms with Gasteiger partial charge in [-0.2, -0.15) is 0 Å². The minimum Gasteiger partial charge on any atom is -0.494 e. The van der Waals surface area contributed by atoms with Gasteiger partial charge < -0.3 is 15.0 Å². The molecule has 0 radical (unpaired) electrons. The summed E-state index contributed by atoms with van der Waals surface area (Å²) >= 11 is 6.34. The number of benzene rings is 2. The van der Waals surface area contributed by atoms with Crippen LogP contribution in [0.15, 0.2) is 48.5 Å². The Morgan fingerprint density at radius 3 is 2.28 bits per heavy atom. The highest BCUT2D eigenvalue weighted by molar-refractivity contribution is 7.92. The summed E-state index contributed by atoms with van der Waals surface area (Å²) in [6.07, 6.45) is 1.92. The molecule has 1 atom stereocenters. The number of nitrogens with one attached hydrogen (secondary N) is 1. The number of nitrogens with zero attached hydrogens (tertiary/aromatic N) is 2. The summed E-state index contributed by atoms with van der Waals surface area (Å²) in [4.78, 5) is 27.6. The maximum atomic E-state index is 13.4. The van der Waals surface area contributed by atoms with E-state index in [2.05, 4.69) is 5.32 Å². The molecule has 10 heteroatoms. The molecule has 0 aliphatic heterocycles. The molecule has 0 fully saturated rings. The lowest BCUT2D eigenvalue weighted by Gasteiger charge is -2.31. The zero-order chi connectivity index (χ0) is 26.7. The van der Waals surface area contributed by atoms with Crippen LogP contribution in [0.5, 0.6) is 5.75 Å². The Kier molecular flexibility index (Phi) is 11.5. The van der Waals surface area contributed by atoms with Crippen molar-refractivity contribution in [3.05, 3.63) is 59.1 Å². The Morgan fingerprint density at radius 2 is 1.72 bits per heavy atom. The van der Waals surface area contributed by atoms with Crippen LogP contribution in [0, 0.1) is 0 Å². The van der Waals surface area contributed by atoms with Crippen LogP contribution in [0.25, 0.3) is 0 Å². The van der Waals surface area contributed by atoms with Gasteiger partial charge >= 0.3 is 0 Å². The van der Waals surface area contributed by atoms with Gasteiger partial charge in [0.1, 0.15) is 11.8 Å². The van der Waals surface area contributed by atoms with Gasteiger partial charge in [0.15, 0.2) is 0 Å². The first-order valence-electron chi connectivity index (χ1n) is 12.1. The maximum absolute atomic E-state index is 13.4. The maximum Gasteiger partial charge on any atom is 0.242 e. The van der Waals surface area contributed by atoms with E-state index in [0.717, 1.165) is 11.8 Å². The molecule has 8 nitrogen and oxygen atoms in total. The molecule has 0 aliphatic carbocycles. The van der Waals surface area contributed by atoms with Gasteiger partial charge in [-0.15, -0.1) is 0 Å². The molecule has 0 heterocycles. The second-order valence-electron chi connectivity index (χ2n) is 8.30. The molecule has 1 unspecified atom stereocenters. The molecule has 0 saturated carbocycles. The van der Waals surface area contributed by atoms with E-state index in [9.17, 15) is 18.0 Å². The Hall–Kier alpha value is -2.78. The van der Waals surface area contributed by atoms with Crippen molar-refractivity contribution in [1.29, 1.82) is 0 Å². The van der Waals surface area contributed by atoms with E-state index in [4.69, 9.17) is 16.3 Å². The molecular formula is C26H36ClN3O5S. The van der Waals surface area contributed by atoms with Crippen molar-refractivity contribution in [2.75, 3.05) is 30.3 Å². The van der Waals surface area contributed by atoms with Crippen molar-refractivity contribution >= 4 is 39.1 Å². The van der Waals surface area contributed by atoms with Gasteiger partial charge in [-0.1, -0.05) is 36.7 Å². The van der Waals surface area contributed by atoms with Gasteiger partial charge in [0.2, 0.25) is 21.8 Å². The molecule has 2 amide bonds. The van der Waals surface area contributed by atoms with E-state index in [0.29, 0.717) is 36.0 Å². The quantitative estimate of drug-likeness (QED) is 0.389. The number of hydrogen-bond acceptors (Lipinski definition) is 5. The van der Waals surface area contributed by atoms with Crippen molar-refractivity contribution in [2.45, 2.75) is 52.6 Å². The Bertz CT molecular complexity index is 1110. The van der Waals surface area contributed by atoms with Crippen LogP contribution in [-0.2, 0) is 26.2 Å². The smallest absolute Gasteiger partial charge is 0.242 e. The predicted octanol–water partition coefficient (Wildman–Crippen LogP) is 4.23. The Labute approximate surface area is 219 Å². The normalized spacial score (nSPS) is 12.0. The van der Waals surface area contributed by atoms with E-state index < -0.39 is 16.1 Å². The average molecular weight is 538 g/mol. The third-order valence-electron chi connectivity index (χ3n) is 5.62.